The van der Waals surface area contributed by atoms with E-state index in [1.807, 2.05) is 32.2 Å². The Labute approximate surface area is 107 Å². The highest BCUT2D eigenvalue weighted by molar-refractivity contribution is 5.62. The number of aliphatic hydroxyl groups excluding tert-OH is 1. The Bertz CT molecular complexity index is 495. The number of nitrogens with two attached hydrogens (primary N) is 1. The van der Waals surface area contributed by atoms with Gasteiger partial charge in [0.2, 0.25) is 0 Å². The van der Waals surface area contributed by atoms with Gasteiger partial charge in [-0.05, 0) is 25.3 Å². The highest BCUT2D eigenvalue weighted by atomic mass is 16.3. The molecule has 0 spiro atoms. The summed E-state index contributed by atoms with van der Waals surface area (Å²) in [6.07, 6.45) is 1.43. The second kappa shape index (κ2) is 5.23. The average Bonchev–Trinajstić information content (AvgIpc) is 2.68. The normalized spacial score (nSPS) is 12.6. The number of hydrogen-bond acceptors (Lipinski definition) is 3. The second-order valence-corrected chi connectivity index (χ2v) is 4.66. The molecule has 0 radical (unpaired) electrons. The average molecular weight is 245 g/mol. The largest absolute Gasteiger partial charge is 0.393 e. The molecular formula is C14H19N3O. The summed E-state index contributed by atoms with van der Waals surface area (Å²) in [5.74, 6) is 0.656. The van der Waals surface area contributed by atoms with Crippen molar-refractivity contribution < 1.29 is 5.11 Å². The van der Waals surface area contributed by atoms with Crippen molar-refractivity contribution in [1.29, 1.82) is 0 Å². The lowest BCUT2D eigenvalue weighted by atomic mass is 10.0. The van der Waals surface area contributed by atoms with Crippen LogP contribution in [0.4, 0.5) is 5.82 Å². The third-order valence-corrected chi connectivity index (χ3v) is 3.02. The Morgan fingerprint density at radius 2 is 2.00 bits per heavy atom. The number of benzene rings is 1. The number of rotatable bonds is 4. The minimum Gasteiger partial charge on any atom is -0.393 e. The van der Waals surface area contributed by atoms with Gasteiger partial charge in [0, 0.05) is 18.7 Å². The van der Waals surface area contributed by atoms with E-state index >= 15 is 0 Å². The summed E-state index contributed by atoms with van der Waals surface area (Å²) in [5.41, 5.74) is 8.93. The van der Waals surface area contributed by atoms with E-state index in [1.165, 1.54) is 5.56 Å². The van der Waals surface area contributed by atoms with Crippen LogP contribution in [-0.2, 0) is 13.5 Å². The molecule has 1 aromatic carbocycles. The second-order valence-electron chi connectivity index (χ2n) is 4.66. The van der Waals surface area contributed by atoms with Gasteiger partial charge >= 0.3 is 0 Å². The predicted molar refractivity (Wildman–Crippen MR) is 73.1 cm³/mol. The number of aliphatic hydroxyl groups is 1. The zero-order chi connectivity index (χ0) is 13.1. The van der Waals surface area contributed by atoms with E-state index in [0.29, 0.717) is 5.82 Å². The van der Waals surface area contributed by atoms with Crippen LogP contribution in [0.2, 0.25) is 0 Å². The van der Waals surface area contributed by atoms with Gasteiger partial charge in [0.25, 0.3) is 0 Å². The van der Waals surface area contributed by atoms with Gasteiger partial charge in [-0.25, -0.2) is 0 Å². The molecule has 1 atom stereocenters. The molecule has 1 aromatic heterocycles. The Morgan fingerprint density at radius 1 is 1.33 bits per heavy atom. The van der Waals surface area contributed by atoms with Gasteiger partial charge in [0.05, 0.1) is 11.8 Å². The summed E-state index contributed by atoms with van der Waals surface area (Å²) < 4.78 is 1.66. The van der Waals surface area contributed by atoms with Crippen molar-refractivity contribution in [3.63, 3.8) is 0 Å². The molecule has 4 heteroatoms. The lowest BCUT2D eigenvalue weighted by Gasteiger charge is -2.04. The molecular weight excluding hydrogens is 226 g/mol. The van der Waals surface area contributed by atoms with E-state index in [9.17, 15) is 5.11 Å². The lowest BCUT2D eigenvalue weighted by Crippen LogP contribution is -2.01. The van der Waals surface area contributed by atoms with E-state index in [4.69, 9.17) is 5.73 Å². The summed E-state index contributed by atoms with van der Waals surface area (Å²) in [5, 5.41) is 13.6. The fourth-order valence-electron chi connectivity index (χ4n) is 1.84. The first-order valence-electron chi connectivity index (χ1n) is 6.13. The van der Waals surface area contributed by atoms with Gasteiger partial charge < -0.3 is 10.8 Å². The molecule has 2 aromatic rings. The molecule has 1 heterocycles. The number of aryl methyl sites for hydroxylation is 2. The number of hydrogen-bond donors (Lipinski definition) is 2. The molecule has 0 saturated carbocycles. The minimum atomic E-state index is -0.250. The molecule has 0 aliphatic heterocycles. The number of nitrogens with zero attached hydrogens (tertiary/aromatic N) is 2. The van der Waals surface area contributed by atoms with Gasteiger partial charge in [-0.3, -0.25) is 4.68 Å². The fraction of sp³-hybridized carbons (Fsp3) is 0.357. The van der Waals surface area contributed by atoms with Gasteiger partial charge in [-0.15, -0.1) is 0 Å². The van der Waals surface area contributed by atoms with Crippen LogP contribution in [0.3, 0.4) is 0 Å². The first kappa shape index (κ1) is 12.6. The van der Waals surface area contributed by atoms with E-state index in [2.05, 4.69) is 17.2 Å². The molecule has 0 amide bonds. The van der Waals surface area contributed by atoms with Crippen LogP contribution in [0.15, 0.2) is 30.3 Å². The van der Waals surface area contributed by atoms with Crippen molar-refractivity contribution >= 4 is 5.82 Å². The molecule has 0 bridgehead atoms. The van der Waals surface area contributed by atoms with Crippen LogP contribution >= 0.6 is 0 Å². The third-order valence-electron chi connectivity index (χ3n) is 3.02. The van der Waals surface area contributed by atoms with E-state index < -0.39 is 0 Å². The van der Waals surface area contributed by atoms with Gasteiger partial charge in [0.15, 0.2) is 0 Å². The quantitative estimate of drug-likeness (QED) is 0.865. The maximum Gasteiger partial charge on any atom is 0.121 e. The minimum absolute atomic E-state index is 0.250. The Balaban J connectivity index is 2.12. The van der Waals surface area contributed by atoms with Crippen LogP contribution in [0.5, 0.6) is 0 Å². The molecule has 0 fully saturated rings. The molecule has 0 aliphatic carbocycles. The SMILES string of the molecule is CC(O)CCc1ccc(-c2cc(N)n(C)n2)cc1. The van der Waals surface area contributed by atoms with E-state index in [-0.39, 0.29) is 6.10 Å². The maximum atomic E-state index is 9.25. The molecule has 3 N–H and O–H groups in total. The lowest BCUT2D eigenvalue weighted by molar-refractivity contribution is 0.185. The summed E-state index contributed by atoms with van der Waals surface area (Å²) in [6, 6.07) is 10.1. The monoisotopic (exact) mass is 245 g/mol. The molecule has 0 saturated heterocycles. The first-order chi connectivity index (χ1) is 8.56. The zero-order valence-corrected chi connectivity index (χ0v) is 10.8. The standard InChI is InChI=1S/C14H19N3O/c1-10(18)3-4-11-5-7-12(8-6-11)13-9-14(15)17(2)16-13/h5-10,18H,3-4,15H2,1-2H3. The van der Waals surface area contributed by atoms with Crippen LogP contribution in [0, 0.1) is 0 Å². The van der Waals surface area contributed by atoms with Gasteiger partial charge in [-0.1, -0.05) is 24.3 Å². The molecule has 18 heavy (non-hydrogen) atoms. The molecule has 2 rings (SSSR count). The number of anilines is 1. The summed E-state index contributed by atoms with van der Waals surface area (Å²) in [6.45, 7) is 1.81. The van der Waals surface area contributed by atoms with E-state index in [1.54, 1.807) is 4.68 Å². The molecule has 1 unspecified atom stereocenters. The van der Waals surface area contributed by atoms with Crippen molar-refractivity contribution in [3.8, 4) is 11.3 Å². The van der Waals surface area contributed by atoms with Crippen molar-refractivity contribution in [2.45, 2.75) is 25.9 Å². The zero-order valence-electron chi connectivity index (χ0n) is 10.8. The molecule has 4 nitrogen and oxygen atoms in total. The van der Waals surface area contributed by atoms with Crippen LogP contribution in [0.25, 0.3) is 11.3 Å². The van der Waals surface area contributed by atoms with Gasteiger partial charge in [0.1, 0.15) is 5.82 Å². The summed E-state index contributed by atoms with van der Waals surface area (Å²) in [4.78, 5) is 0. The highest BCUT2D eigenvalue weighted by Gasteiger charge is 2.05. The summed E-state index contributed by atoms with van der Waals surface area (Å²) in [7, 11) is 1.83. The summed E-state index contributed by atoms with van der Waals surface area (Å²) >= 11 is 0. The van der Waals surface area contributed by atoms with Crippen molar-refractivity contribution in [3.05, 3.63) is 35.9 Å². The van der Waals surface area contributed by atoms with E-state index in [0.717, 1.165) is 24.1 Å². The van der Waals surface area contributed by atoms with Crippen molar-refractivity contribution in [1.82, 2.24) is 9.78 Å². The Morgan fingerprint density at radius 3 is 2.50 bits per heavy atom. The van der Waals surface area contributed by atoms with Crippen LogP contribution < -0.4 is 5.73 Å². The van der Waals surface area contributed by atoms with Crippen molar-refractivity contribution in [2.24, 2.45) is 7.05 Å². The molecule has 96 valence electrons. The Hall–Kier alpha value is -1.81. The van der Waals surface area contributed by atoms with Crippen LogP contribution in [0.1, 0.15) is 18.9 Å². The van der Waals surface area contributed by atoms with Crippen LogP contribution in [-0.4, -0.2) is 21.0 Å². The fourth-order valence-corrected chi connectivity index (χ4v) is 1.84. The smallest absolute Gasteiger partial charge is 0.121 e. The Kier molecular flexibility index (Phi) is 3.67. The first-order valence-corrected chi connectivity index (χ1v) is 6.13. The maximum absolute atomic E-state index is 9.25. The topological polar surface area (TPSA) is 64.1 Å². The van der Waals surface area contributed by atoms with Gasteiger partial charge in [-0.2, -0.15) is 5.10 Å². The predicted octanol–water partition coefficient (Wildman–Crippen LogP) is 1.98. The van der Waals surface area contributed by atoms with Crippen molar-refractivity contribution in [2.75, 3.05) is 5.73 Å². The number of nitrogen functional groups attached to an aromatic ring is 1. The number of aromatic nitrogens is 2. The third kappa shape index (κ3) is 2.90. The molecule has 0 aliphatic rings. The highest BCUT2D eigenvalue weighted by Crippen LogP contribution is 2.20.